The third kappa shape index (κ3) is 2.88. The van der Waals surface area contributed by atoms with E-state index in [1.807, 2.05) is 24.3 Å². The first-order valence-electron chi connectivity index (χ1n) is 6.27. The Labute approximate surface area is 112 Å². The molecule has 0 bridgehead atoms. The van der Waals surface area contributed by atoms with Crippen molar-refractivity contribution >= 4 is 17.1 Å². The Morgan fingerprint density at radius 3 is 2.50 bits per heavy atom. The van der Waals surface area contributed by atoms with E-state index in [2.05, 4.69) is 32.9 Å². The lowest BCUT2D eigenvalue weighted by molar-refractivity contribution is 0.0972. The Morgan fingerprint density at radius 1 is 1.22 bits per heavy atom. The number of hydrogen-bond donors (Lipinski definition) is 0. The van der Waals surface area contributed by atoms with Crippen LogP contribution in [0.3, 0.4) is 0 Å². The third-order valence-corrected chi connectivity index (χ3v) is 3.96. The van der Waals surface area contributed by atoms with Gasteiger partial charge >= 0.3 is 0 Å². The monoisotopic (exact) mass is 258 g/mol. The topological polar surface area (TPSA) is 17.1 Å². The van der Waals surface area contributed by atoms with Crippen molar-refractivity contribution in [3.63, 3.8) is 0 Å². The zero-order chi connectivity index (χ0) is 13.1. The van der Waals surface area contributed by atoms with E-state index in [1.165, 1.54) is 16.0 Å². The summed E-state index contributed by atoms with van der Waals surface area (Å²) < 4.78 is 0. The van der Waals surface area contributed by atoms with Gasteiger partial charge in [-0.05, 0) is 30.0 Å². The zero-order valence-electron chi connectivity index (χ0n) is 11.1. The molecule has 0 saturated heterocycles. The molecular formula is C16H18OS. The SMILES string of the molecule is Cc1sc(C(=O)CC(C)C)cc1-c1ccccc1. The van der Waals surface area contributed by atoms with Gasteiger partial charge in [-0.3, -0.25) is 4.79 Å². The summed E-state index contributed by atoms with van der Waals surface area (Å²) in [7, 11) is 0. The minimum Gasteiger partial charge on any atom is -0.293 e. The maximum atomic E-state index is 12.1. The minimum atomic E-state index is 0.264. The van der Waals surface area contributed by atoms with Gasteiger partial charge in [0, 0.05) is 11.3 Å². The maximum absolute atomic E-state index is 12.1. The summed E-state index contributed by atoms with van der Waals surface area (Å²) in [5.41, 5.74) is 2.38. The van der Waals surface area contributed by atoms with Gasteiger partial charge in [0.1, 0.15) is 0 Å². The molecule has 2 aromatic rings. The maximum Gasteiger partial charge on any atom is 0.173 e. The normalized spacial score (nSPS) is 10.9. The molecule has 1 aromatic heterocycles. The van der Waals surface area contributed by atoms with E-state index in [1.54, 1.807) is 11.3 Å². The second-order valence-corrected chi connectivity index (χ2v) is 6.22. The molecule has 0 N–H and O–H groups in total. The summed E-state index contributed by atoms with van der Waals surface area (Å²) in [5.74, 6) is 0.681. The van der Waals surface area contributed by atoms with E-state index in [9.17, 15) is 4.79 Å². The zero-order valence-corrected chi connectivity index (χ0v) is 11.9. The largest absolute Gasteiger partial charge is 0.293 e. The number of hydrogen-bond acceptors (Lipinski definition) is 2. The van der Waals surface area contributed by atoms with Crippen LogP contribution in [0.1, 0.15) is 34.8 Å². The van der Waals surface area contributed by atoms with Crippen LogP contribution in [0.15, 0.2) is 36.4 Å². The highest BCUT2D eigenvalue weighted by Crippen LogP contribution is 2.31. The van der Waals surface area contributed by atoms with E-state index < -0.39 is 0 Å². The molecule has 1 nitrogen and oxygen atoms in total. The quantitative estimate of drug-likeness (QED) is 0.709. The van der Waals surface area contributed by atoms with E-state index in [-0.39, 0.29) is 5.78 Å². The molecule has 0 aliphatic carbocycles. The summed E-state index contributed by atoms with van der Waals surface area (Å²) in [5, 5.41) is 0. The molecule has 0 atom stereocenters. The Hall–Kier alpha value is -1.41. The number of thiophene rings is 1. The highest BCUT2D eigenvalue weighted by Gasteiger charge is 2.14. The molecule has 0 saturated carbocycles. The van der Waals surface area contributed by atoms with Crippen LogP contribution in [-0.2, 0) is 0 Å². The van der Waals surface area contributed by atoms with Gasteiger partial charge in [-0.15, -0.1) is 11.3 Å². The number of Topliss-reactive ketones (excluding diaryl/α,β-unsaturated/α-hetero) is 1. The van der Waals surface area contributed by atoms with E-state index >= 15 is 0 Å². The summed E-state index contributed by atoms with van der Waals surface area (Å²) in [6, 6.07) is 12.3. The second kappa shape index (κ2) is 5.49. The van der Waals surface area contributed by atoms with Gasteiger partial charge in [-0.1, -0.05) is 44.2 Å². The molecule has 0 radical (unpaired) electrons. The fraction of sp³-hybridized carbons (Fsp3) is 0.312. The molecule has 2 rings (SSSR count). The van der Waals surface area contributed by atoms with Crippen LogP contribution in [0.4, 0.5) is 0 Å². The van der Waals surface area contributed by atoms with Gasteiger partial charge < -0.3 is 0 Å². The number of carbonyl (C=O) groups is 1. The molecule has 1 aromatic carbocycles. The summed E-state index contributed by atoms with van der Waals surface area (Å²) in [4.78, 5) is 14.2. The molecule has 0 amide bonds. The van der Waals surface area contributed by atoms with Crippen LogP contribution in [-0.4, -0.2) is 5.78 Å². The van der Waals surface area contributed by atoms with Crippen molar-refractivity contribution in [2.45, 2.75) is 27.2 Å². The van der Waals surface area contributed by atoms with Crippen molar-refractivity contribution in [2.75, 3.05) is 0 Å². The van der Waals surface area contributed by atoms with Crippen LogP contribution >= 0.6 is 11.3 Å². The van der Waals surface area contributed by atoms with Gasteiger partial charge in [0.05, 0.1) is 4.88 Å². The van der Waals surface area contributed by atoms with Crippen LogP contribution < -0.4 is 0 Å². The smallest absolute Gasteiger partial charge is 0.173 e. The summed E-state index contributed by atoms with van der Waals surface area (Å²) in [6.07, 6.45) is 0.633. The van der Waals surface area contributed by atoms with Crippen molar-refractivity contribution < 1.29 is 4.79 Å². The molecule has 0 spiro atoms. The highest BCUT2D eigenvalue weighted by molar-refractivity contribution is 7.14. The van der Waals surface area contributed by atoms with Crippen LogP contribution in [0.2, 0.25) is 0 Å². The predicted molar refractivity (Wildman–Crippen MR) is 78.3 cm³/mol. The lowest BCUT2D eigenvalue weighted by Crippen LogP contribution is -2.00. The number of ketones is 1. The fourth-order valence-corrected chi connectivity index (χ4v) is 2.99. The fourth-order valence-electron chi connectivity index (χ4n) is 2.00. The Balaban J connectivity index is 2.30. The van der Waals surface area contributed by atoms with Gasteiger partial charge in [0.2, 0.25) is 0 Å². The number of benzene rings is 1. The molecule has 94 valence electrons. The molecule has 0 aliphatic heterocycles. The molecule has 2 heteroatoms. The molecule has 0 aliphatic rings. The van der Waals surface area contributed by atoms with Crippen molar-refractivity contribution in [1.82, 2.24) is 0 Å². The van der Waals surface area contributed by atoms with Gasteiger partial charge in [-0.25, -0.2) is 0 Å². The number of carbonyl (C=O) groups excluding carboxylic acids is 1. The van der Waals surface area contributed by atoms with E-state index in [4.69, 9.17) is 0 Å². The highest BCUT2D eigenvalue weighted by atomic mass is 32.1. The number of aryl methyl sites for hydroxylation is 1. The van der Waals surface area contributed by atoms with Crippen molar-refractivity contribution in [3.8, 4) is 11.1 Å². The van der Waals surface area contributed by atoms with Crippen molar-refractivity contribution in [2.24, 2.45) is 5.92 Å². The number of rotatable bonds is 4. The van der Waals surface area contributed by atoms with Gasteiger partial charge in [-0.2, -0.15) is 0 Å². The lowest BCUT2D eigenvalue weighted by atomic mass is 10.0. The van der Waals surface area contributed by atoms with Crippen LogP contribution in [0, 0.1) is 12.8 Å². The van der Waals surface area contributed by atoms with Gasteiger partial charge in [0.15, 0.2) is 5.78 Å². The Bertz CT molecular complexity index is 537. The molecule has 0 unspecified atom stereocenters. The average molecular weight is 258 g/mol. The van der Waals surface area contributed by atoms with Crippen molar-refractivity contribution in [1.29, 1.82) is 0 Å². The Morgan fingerprint density at radius 2 is 1.89 bits per heavy atom. The van der Waals surface area contributed by atoms with Crippen molar-refractivity contribution in [3.05, 3.63) is 46.2 Å². The third-order valence-electron chi connectivity index (χ3n) is 2.87. The summed E-state index contributed by atoms with van der Waals surface area (Å²) >= 11 is 1.61. The first-order valence-corrected chi connectivity index (χ1v) is 7.08. The van der Waals surface area contributed by atoms with E-state index in [0.29, 0.717) is 12.3 Å². The lowest BCUT2D eigenvalue weighted by Gasteiger charge is -2.00. The molecular weight excluding hydrogens is 240 g/mol. The van der Waals surface area contributed by atoms with Crippen LogP contribution in [0.5, 0.6) is 0 Å². The average Bonchev–Trinajstić information content (AvgIpc) is 2.72. The van der Waals surface area contributed by atoms with E-state index in [0.717, 1.165) is 4.88 Å². The molecule has 18 heavy (non-hydrogen) atoms. The minimum absolute atomic E-state index is 0.264. The molecule has 0 fully saturated rings. The summed E-state index contributed by atoms with van der Waals surface area (Å²) in [6.45, 7) is 6.24. The molecule has 1 heterocycles. The van der Waals surface area contributed by atoms with Crippen LogP contribution in [0.25, 0.3) is 11.1 Å². The predicted octanol–water partition coefficient (Wildman–Crippen LogP) is 4.95. The van der Waals surface area contributed by atoms with Gasteiger partial charge in [0.25, 0.3) is 0 Å². The standard InChI is InChI=1S/C16H18OS/c1-11(2)9-15(17)16-10-14(12(3)18-16)13-7-5-4-6-8-13/h4-8,10-11H,9H2,1-3H3. The second-order valence-electron chi connectivity index (χ2n) is 4.97. The Kier molecular flexibility index (Phi) is 3.97. The first-order chi connectivity index (χ1) is 8.58. The first kappa shape index (κ1) is 13.0.